The third-order valence-electron chi connectivity index (χ3n) is 2.16. The Kier molecular flexibility index (Phi) is 5.06. The number of hydrogen-bond acceptors (Lipinski definition) is 3. The number of benzene rings is 1. The summed E-state index contributed by atoms with van der Waals surface area (Å²) in [6.45, 7) is 2.14. The van der Waals surface area contributed by atoms with E-state index < -0.39 is 10.0 Å². The van der Waals surface area contributed by atoms with Crippen molar-refractivity contribution in [2.45, 2.75) is 6.92 Å². The van der Waals surface area contributed by atoms with Crippen molar-refractivity contribution in [1.29, 1.82) is 0 Å². The van der Waals surface area contributed by atoms with Gasteiger partial charge in [0.15, 0.2) is 0 Å². The minimum absolute atomic E-state index is 0.0376. The Labute approximate surface area is 111 Å². The molecule has 0 saturated carbocycles. The largest absolute Gasteiger partial charge is 0.319 e. The van der Waals surface area contributed by atoms with Crippen molar-refractivity contribution < 1.29 is 8.42 Å². The Morgan fingerprint density at radius 2 is 1.94 bits per heavy atom. The molecule has 0 bridgehead atoms. The maximum Gasteiger partial charge on any atom is 0.234 e. The second-order valence-corrected chi connectivity index (χ2v) is 6.20. The summed E-state index contributed by atoms with van der Waals surface area (Å²) in [4.78, 5) is 0. The van der Waals surface area contributed by atoms with Gasteiger partial charge < -0.3 is 5.32 Å². The van der Waals surface area contributed by atoms with Crippen LogP contribution in [0.15, 0.2) is 12.1 Å². The molecule has 0 aliphatic carbocycles. The van der Waals surface area contributed by atoms with Crippen molar-refractivity contribution >= 4 is 38.9 Å². The first-order chi connectivity index (χ1) is 7.87. The van der Waals surface area contributed by atoms with E-state index in [1.807, 2.05) is 0 Å². The van der Waals surface area contributed by atoms with Gasteiger partial charge in [0.2, 0.25) is 10.0 Å². The fraction of sp³-hybridized carbons (Fsp3) is 0.400. The Balaban J connectivity index is 2.99. The van der Waals surface area contributed by atoms with Crippen molar-refractivity contribution in [3.05, 3.63) is 27.7 Å². The molecule has 0 spiro atoms. The Hall–Kier alpha value is -0.490. The topological polar surface area (TPSA) is 58.2 Å². The molecule has 1 aromatic carbocycles. The van der Waals surface area contributed by atoms with Gasteiger partial charge in [-0.15, -0.1) is 0 Å². The third-order valence-corrected chi connectivity index (χ3v) is 4.22. The summed E-state index contributed by atoms with van der Waals surface area (Å²) in [7, 11) is -1.76. The van der Waals surface area contributed by atoms with E-state index in [9.17, 15) is 8.42 Å². The molecule has 0 unspecified atom stereocenters. The quantitative estimate of drug-likeness (QED) is 0.876. The van der Waals surface area contributed by atoms with Crippen LogP contribution in [0.5, 0.6) is 0 Å². The predicted molar refractivity (Wildman–Crippen MR) is 72.5 cm³/mol. The van der Waals surface area contributed by atoms with E-state index in [1.54, 1.807) is 26.1 Å². The van der Waals surface area contributed by atoms with Crippen LogP contribution >= 0.6 is 23.2 Å². The second kappa shape index (κ2) is 5.91. The first-order valence-electron chi connectivity index (χ1n) is 4.97. The lowest BCUT2D eigenvalue weighted by atomic mass is 10.2. The summed E-state index contributed by atoms with van der Waals surface area (Å²) in [5, 5.41) is 3.38. The van der Waals surface area contributed by atoms with Crippen LogP contribution in [0, 0.1) is 6.92 Å². The van der Waals surface area contributed by atoms with Crippen molar-refractivity contribution in [1.82, 2.24) is 5.32 Å². The maximum atomic E-state index is 11.7. The normalized spacial score (nSPS) is 11.5. The molecule has 4 nitrogen and oxygen atoms in total. The van der Waals surface area contributed by atoms with Gasteiger partial charge in [-0.25, -0.2) is 8.42 Å². The molecule has 0 fully saturated rings. The van der Waals surface area contributed by atoms with Gasteiger partial charge >= 0.3 is 0 Å². The van der Waals surface area contributed by atoms with Gasteiger partial charge in [0.1, 0.15) is 0 Å². The van der Waals surface area contributed by atoms with Gasteiger partial charge in [-0.05, 0) is 25.6 Å². The highest BCUT2D eigenvalue weighted by atomic mass is 35.5. The fourth-order valence-electron chi connectivity index (χ4n) is 1.19. The highest BCUT2D eigenvalue weighted by molar-refractivity contribution is 7.92. The molecule has 96 valence electrons. The summed E-state index contributed by atoms with van der Waals surface area (Å²) < 4.78 is 25.8. The number of halogens is 2. The first-order valence-corrected chi connectivity index (χ1v) is 7.38. The molecule has 0 aliphatic heterocycles. The highest BCUT2D eigenvalue weighted by Crippen LogP contribution is 2.33. The van der Waals surface area contributed by atoms with Crippen molar-refractivity contribution in [2.24, 2.45) is 0 Å². The molecule has 17 heavy (non-hydrogen) atoms. The molecule has 1 rings (SSSR count). The molecular weight excluding hydrogens is 283 g/mol. The predicted octanol–water partition coefficient (Wildman–Crippen LogP) is 2.26. The molecule has 0 aromatic heterocycles. The van der Waals surface area contributed by atoms with Gasteiger partial charge in [-0.1, -0.05) is 29.3 Å². The van der Waals surface area contributed by atoms with E-state index in [4.69, 9.17) is 23.2 Å². The fourth-order valence-corrected chi connectivity index (χ4v) is 2.87. The lowest BCUT2D eigenvalue weighted by Gasteiger charge is -2.12. The highest BCUT2D eigenvalue weighted by Gasteiger charge is 2.15. The Morgan fingerprint density at radius 1 is 1.29 bits per heavy atom. The Morgan fingerprint density at radius 3 is 2.53 bits per heavy atom. The van der Waals surface area contributed by atoms with E-state index in [-0.39, 0.29) is 16.5 Å². The van der Waals surface area contributed by atoms with E-state index in [2.05, 4.69) is 10.0 Å². The minimum atomic E-state index is -3.44. The summed E-state index contributed by atoms with van der Waals surface area (Å²) in [6, 6.07) is 3.34. The summed E-state index contributed by atoms with van der Waals surface area (Å²) in [5.41, 5.74) is 1.01. The average Bonchev–Trinajstić information content (AvgIpc) is 2.27. The van der Waals surface area contributed by atoms with E-state index in [1.165, 1.54) is 0 Å². The average molecular weight is 297 g/mol. The molecule has 0 atom stereocenters. The number of anilines is 1. The zero-order valence-electron chi connectivity index (χ0n) is 9.55. The molecular formula is C10H14Cl2N2O2S. The second-order valence-electron chi connectivity index (χ2n) is 3.58. The number of rotatable bonds is 5. The van der Waals surface area contributed by atoms with Crippen molar-refractivity contribution in [3.8, 4) is 0 Å². The first kappa shape index (κ1) is 14.6. The molecule has 1 aromatic rings. The molecule has 0 amide bonds. The number of aryl methyl sites for hydroxylation is 1. The zero-order chi connectivity index (χ0) is 13.1. The molecule has 0 saturated heterocycles. The van der Waals surface area contributed by atoms with Gasteiger partial charge in [-0.3, -0.25) is 4.72 Å². The van der Waals surface area contributed by atoms with Gasteiger partial charge in [0.25, 0.3) is 0 Å². The lowest BCUT2D eigenvalue weighted by molar-refractivity contribution is 0.599. The van der Waals surface area contributed by atoms with Crippen LogP contribution in [-0.2, 0) is 10.0 Å². The van der Waals surface area contributed by atoms with Crippen LogP contribution in [0.1, 0.15) is 5.56 Å². The van der Waals surface area contributed by atoms with E-state index >= 15 is 0 Å². The molecule has 7 heteroatoms. The van der Waals surface area contributed by atoms with Crippen LogP contribution in [0.3, 0.4) is 0 Å². The monoisotopic (exact) mass is 296 g/mol. The number of sulfonamides is 1. The number of hydrogen-bond donors (Lipinski definition) is 2. The van der Waals surface area contributed by atoms with Crippen LogP contribution in [0.2, 0.25) is 10.0 Å². The van der Waals surface area contributed by atoms with Crippen LogP contribution < -0.4 is 10.0 Å². The van der Waals surface area contributed by atoms with E-state index in [0.29, 0.717) is 11.6 Å². The van der Waals surface area contributed by atoms with Crippen LogP contribution in [-0.4, -0.2) is 27.8 Å². The molecule has 0 aliphatic rings. The molecule has 2 N–H and O–H groups in total. The zero-order valence-corrected chi connectivity index (χ0v) is 11.9. The maximum absolute atomic E-state index is 11.7. The molecule has 0 heterocycles. The van der Waals surface area contributed by atoms with Crippen molar-refractivity contribution in [2.75, 3.05) is 24.1 Å². The lowest BCUT2D eigenvalue weighted by Crippen LogP contribution is -2.24. The Bertz CT molecular complexity index is 503. The summed E-state index contributed by atoms with van der Waals surface area (Å²) in [6.07, 6.45) is 0. The van der Waals surface area contributed by atoms with Gasteiger partial charge in [0, 0.05) is 6.54 Å². The standard InChI is InChI=1S/C10H14Cl2N2O2S/c1-7-3-4-8(11)10(9(7)12)14-17(15,16)6-5-13-2/h3-4,13-14H,5-6H2,1-2H3. The third kappa shape index (κ3) is 4.03. The van der Waals surface area contributed by atoms with Gasteiger partial charge in [0.05, 0.1) is 21.5 Å². The smallest absolute Gasteiger partial charge is 0.234 e. The van der Waals surface area contributed by atoms with Crippen molar-refractivity contribution in [3.63, 3.8) is 0 Å². The SMILES string of the molecule is CNCCS(=O)(=O)Nc1c(Cl)ccc(C)c1Cl. The van der Waals surface area contributed by atoms with Crippen LogP contribution in [0.4, 0.5) is 5.69 Å². The van der Waals surface area contributed by atoms with E-state index in [0.717, 1.165) is 5.56 Å². The van der Waals surface area contributed by atoms with Crippen LogP contribution in [0.25, 0.3) is 0 Å². The summed E-state index contributed by atoms with van der Waals surface area (Å²) >= 11 is 11.9. The molecule has 0 radical (unpaired) electrons. The minimum Gasteiger partial charge on any atom is -0.319 e. The number of nitrogens with one attached hydrogen (secondary N) is 2. The summed E-state index contributed by atoms with van der Waals surface area (Å²) in [5.74, 6) is -0.0376. The van der Waals surface area contributed by atoms with Gasteiger partial charge in [-0.2, -0.15) is 0 Å².